The largest absolute Gasteiger partial charge is 0.330 e. The summed E-state index contributed by atoms with van der Waals surface area (Å²) < 4.78 is 9.98. The summed E-state index contributed by atoms with van der Waals surface area (Å²) in [6.45, 7) is 5.40. The van der Waals surface area contributed by atoms with Gasteiger partial charge in [-0.1, -0.05) is 18.2 Å². The molecule has 0 aromatic heterocycles. The molecular weight excluding hydrogens is 345 g/mol. The first-order chi connectivity index (χ1) is 8.05. The maximum absolute atomic E-state index is 8.66. The molecule has 0 heterocycles. The van der Waals surface area contributed by atoms with E-state index in [0.29, 0.717) is 0 Å². The van der Waals surface area contributed by atoms with E-state index in [2.05, 4.69) is 66.0 Å². The predicted octanol–water partition coefficient (Wildman–Crippen LogP) is 3.80. The molecule has 17 heavy (non-hydrogen) atoms. The van der Waals surface area contributed by atoms with Gasteiger partial charge in [0.05, 0.1) is 0 Å². The maximum Gasteiger partial charge on any atom is 0.0207 e. The maximum atomic E-state index is 8.66. The lowest BCUT2D eigenvalue weighted by Gasteiger charge is -2.27. The van der Waals surface area contributed by atoms with E-state index in [1.807, 2.05) is 0 Å². The van der Waals surface area contributed by atoms with Gasteiger partial charge in [-0.05, 0) is 79.5 Å². The van der Waals surface area contributed by atoms with Gasteiger partial charge in [-0.3, -0.25) is 0 Å². The van der Waals surface area contributed by atoms with Crippen molar-refractivity contribution >= 4 is 34.6 Å². The molecule has 0 aliphatic heterocycles. The number of benzene rings is 1. The van der Waals surface area contributed by atoms with Crippen LogP contribution in [0.2, 0.25) is 0 Å². The van der Waals surface area contributed by atoms with Crippen LogP contribution in [0.3, 0.4) is 0 Å². The second-order valence-electron chi connectivity index (χ2n) is 4.77. The molecule has 0 atom stereocenters. The monoisotopic (exact) mass is 365 g/mol. The van der Waals surface area contributed by atoms with Crippen molar-refractivity contribution in [2.75, 3.05) is 12.3 Å². The molecule has 0 bridgehead atoms. The zero-order valence-corrected chi connectivity index (χ0v) is 13.3. The first kappa shape index (κ1) is 15.3. The molecule has 0 spiro atoms. The Morgan fingerprint density at radius 3 is 2.71 bits per heavy atom. The second-order valence-corrected chi connectivity index (χ2v) is 6.59. The fraction of sp³-hybridized carbons (Fsp3) is 0.538. The van der Waals surface area contributed by atoms with Crippen LogP contribution in [-0.4, -0.2) is 22.4 Å². The Bertz CT molecular complexity index is 344. The minimum absolute atomic E-state index is 0.0986. The minimum Gasteiger partial charge on any atom is -0.330 e. The summed E-state index contributed by atoms with van der Waals surface area (Å²) in [5.74, 6) is 0.798. The van der Waals surface area contributed by atoms with Crippen molar-refractivity contribution in [3.05, 3.63) is 33.4 Å². The van der Waals surface area contributed by atoms with E-state index in [1.54, 1.807) is 0 Å². The molecule has 4 heteroatoms. The van der Waals surface area contributed by atoms with E-state index in [9.17, 15) is 0 Å². The van der Waals surface area contributed by atoms with Crippen molar-refractivity contribution in [1.29, 1.82) is 0 Å². The molecule has 0 fully saturated rings. The van der Waals surface area contributed by atoms with Gasteiger partial charge in [0.25, 0.3) is 0 Å². The van der Waals surface area contributed by atoms with Gasteiger partial charge in [-0.2, -0.15) is 0 Å². The summed E-state index contributed by atoms with van der Waals surface area (Å²) in [6.07, 6.45) is 2.02. The molecule has 1 aromatic carbocycles. The quantitative estimate of drug-likeness (QED) is 0.438. The molecule has 2 nitrogen and oxygen atoms in total. The number of halogens is 1. The lowest BCUT2D eigenvalue weighted by Crippen LogP contribution is -2.42. The summed E-state index contributed by atoms with van der Waals surface area (Å²) in [6, 6.07) is 8.50. The molecule has 0 aliphatic carbocycles. The topological polar surface area (TPSA) is 32.3 Å². The smallest absolute Gasteiger partial charge is 0.0207 e. The fourth-order valence-electron chi connectivity index (χ4n) is 1.74. The third kappa shape index (κ3) is 6.08. The van der Waals surface area contributed by atoms with E-state index in [-0.39, 0.29) is 5.54 Å². The average molecular weight is 365 g/mol. The number of nitrogens with one attached hydrogen (secondary N) is 1. The molecule has 0 unspecified atom stereocenters. The molecule has 1 aromatic rings. The first-order valence-corrected chi connectivity index (χ1v) is 7.82. The highest BCUT2D eigenvalue weighted by Gasteiger charge is 2.18. The molecule has 0 saturated heterocycles. The van der Waals surface area contributed by atoms with Crippen LogP contribution in [0.5, 0.6) is 0 Å². The van der Waals surface area contributed by atoms with Crippen LogP contribution in [0, 0.1) is 3.57 Å². The Hall–Kier alpha value is 0.220. The van der Waals surface area contributed by atoms with Crippen LogP contribution < -0.4 is 5.32 Å². The van der Waals surface area contributed by atoms with Crippen molar-refractivity contribution in [2.45, 2.75) is 32.2 Å². The summed E-state index contributed by atoms with van der Waals surface area (Å²) in [5, 5.41) is 3.54. The lowest BCUT2D eigenvalue weighted by atomic mass is 9.95. The molecule has 1 rings (SSSR count). The zero-order chi connectivity index (χ0) is 12.7. The van der Waals surface area contributed by atoms with E-state index in [0.717, 1.165) is 37.2 Å². The van der Waals surface area contributed by atoms with Crippen LogP contribution in [0.15, 0.2) is 24.3 Å². The Kier molecular flexibility index (Phi) is 6.84. The Balaban J connectivity index is 2.46. The van der Waals surface area contributed by atoms with Crippen LogP contribution in [-0.2, 0) is 6.42 Å². The molecule has 96 valence electrons. The first-order valence-electron chi connectivity index (χ1n) is 5.80. The van der Waals surface area contributed by atoms with Crippen molar-refractivity contribution < 1.29 is 4.55 Å². The van der Waals surface area contributed by atoms with Crippen molar-refractivity contribution in [3.63, 3.8) is 0 Å². The van der Waals surface area contributed by atoms with Gasteiger partial charge in [0.15, 0.2) is 0 Å². The van der Waals surface area contributed by atoms with Crippen molar-refractivity contribution in [1.82, 2.24) is 5.32 Å². The highest BCUT2D eigenvalue weighted by atomic mass is 127. The average Bonchev–Trinajstić information content (AvgIpc) is 2.28. The van der Waals surface area contributed by atoms with Crippen LogP contribution in [0.1, 0.15) is 25.8 Å². The highest BCUT2D eigenvalue weighted by molar-refractivity contribution is 14.1. The summed E-state index contributed by atoms with van der Waals surface area (Å²) >= 11 is 3.30. The Labute approximate surface area is 122 Å². The summed E-state index contributed by atoms with van der Waals surface area (Å²) in [5.41, 5.74) is 1.49. The third-order valence-corrected chi connectivity index (χ3v) is 4.13. The lowest BCUT2D eigenvalue weighted by molar-refractivity contribution is 0.387. The minimum atomic E-state index is 0.0986. The van der Waals surface area contributed by atoms with Crippen LogP contribution in [0.25, 0.3) is 0 Å². The number of hydrogen-bond acceptors (Lipinski definition) is 3. The molecule has 2 N–H and O–H groups in total. The van der Waals surface area contributed by atoms with Gasteiger partial charge in [0.1, 0.15) is 0 Å². The molecule has 0 aliphatic rings. The molecule has 0 amide bonds. The Morgan fingerprint density at radius 2 is 2.06 bits per heavy atom. The Morgan fingerprint density at radius 1 is 1.35 bits per heavy atom. The predicted molar refractivity (Wildman–Crippen MR) is 84.6 cm³/mol. The van der Waals surface area contributed by atoms with Gasteiger partial charge < -0.3 is 9.87 Å². The van der Waals surface area contributed by atoms with Crippen molar-refractivity contribution in [3.8, 4) is 0 Å². The molecule has 0 saturated carbocycles. The van der Waals surface area contributed by atoms with Crippen LogP contribution >= 0.6 is 34.6 Å². The van der Waals surface area contributed by atoms with Gasteiger partial charge in [-0.25, -0.2) is 0 Å². The van der Waals surface area contributed by atoms with E-state index < -0.39 is 0 Å². The van der Waals surface area contributed by atoms with Crippen molar-refractivity contribution in [2.24, 2.45) is 0 Å². The number of hydrogen-bond donors (Lipinski definition) is 2. The zero-order valence-electron chi connectivity index (χ0n) is 10.4. The standard InChI is InChI=1S/C13H20INOS/c1-13(2,15-8-5-9-17-16)10-11-6-3-4-7-12(11)14/h3-4,6-7,15-16H,5,8-10H2,1-2H3. The van der Waals surface area contributed by atoms with E-state index in [1.165, 1.54) is 9.13 Å². The number of rotatable bonds is 7. The summed E-state index contributed by atoms with van der Waals surface area (Å²) in [4.78, 5) is 0. The third-order valence-electron chi connectivity index (χ3n) is 2.61. The van der Waals surface area contributed by atoms with Gasteiger partial charge in [0.2, 0.25) is 0 Å². The van der Waals surface area contributed by atoms with Gasteiger partial charge in [-0.15, -0.1) is 0 Å². The van der Waals surface area contributed by atoms with E-state index in [4.69, 9.17) is 4.55 Å². The van der Waals surface area contributed by atoms with E-state index >= 15 is 0 Å². The summed E-state index contributed by atoms with van der Waals surface area (Å²) in [7, 11) is 0. The molecular formula is C13H20INOS. The second kappa shape index (κ2) is 7.61. The molecule has 0 radical (unpaired) electrons. The SMILES string of the molecule is CC(C)(Cc1ccccc1I)NCCCSO. The normalized spacial score (nSPS) is 11.8. The van der Waals surface area contributed by atoms with Gasteiger partial charge >= 0.3 is 0 Å². The van der Waals surface area contributed by atoms with Gasteiger partial charge in [0, 0.05) is 14.9 Å². The highest BCUT2D eigenvalue weighted by Crippen LogP contribution is 2.18. The van der Waals surface area contributed by atoms with Crippen LogP contribution in [0.4, 0.5) is 0 Å². The fourth-order valence-corrected chi connectivity index (χ4v) is 2.60.